The van der Waals surface area contributed by atoms with Gasteiger partial charge in [0.05, 0.1) is 12.0 Å². The van der Waals surface area contributed by atoms with Crippen molar-refractivity contribution in [3.63, 3.8) is 0 Å². The van der Waals surface area contributed by atoms with Gasteiger partial charge in [-0.05, 0) is 18.1 Å². The first-order valence-electron chi connectivity index (χ1n) is 7.90. The molecule has 3 heterocycles. The number of piperazine rings is 1. The highest BCUT2D eigenvalue weighted by Crippen LogP contribution is 2.19. The lowest BCUT2D eigenvalue weighted by Crippen LogP contribution is -2.52. The maximum atomic E-state index is 12.5. The van der Waals surface area contributed by atoms with E-state index >= 15 is 0 Å². The number of hydrogen-bond acceptors (Lipinski definition) is 5. The molecule has 1 saturated heterocycles. The molecule has 1 fully saturated rings. The van der Waals surface area contributed by atoms with Gasteiger partial charge in [0, 0.05) is 32.6 Å². The predicted molar refractivity (Wildman–Crippen MR) is 83.0 cm³/mol. The van der Waals surface area contributed by atoms with Gasteiger partial charge < -0.3 is 19.1 Å². The molecule has 2 aliphatic rings. The third kappa shape index (κ3) is 3.23. The first kappa shape index (κ1) is 15.6. The van der Waals surface area contributed by atoms with E-state index in [1.165, 1.54) is 6.26 Å². The molecule has 1 aromatic rings. The number of amides is 2. The number of hydrogen-bond donors (Lipinski definition) is 0. The van der Waals surface area contributed by atoms with Crippen LogP contribution < -0.4 is 0 Å². The fourth-order valence-electron chi connectivity index (χ4n) is 2.76. The van der Waals surface area contributed by atoms with E-state index in [4.69, 9.17) is 9.25 Å². The van der Waals surface area contributed by atoms with E-state index in [0.717, 1.165) is 5.71 Å². The molecule has 2 aliphatic heterocycles. The van der Waals surface area contributed by atoms with Crippen LogP contribution in [0, 0.1) is 5.92 Å². The molecular formula is C16H21N3O4. The summed E-state index contributed by atoms with van der Waals surface area (Å²) < 4.78 is 5.13. The van der Waals surface area contributed by atoms with Gasteiger partial charge in [-0.2, -0.15) is 0 Å². The van der Waals surface area contributed by atoms with Gasteiger partial charge in [0.2, 0.25) is 6.10 Å². The fourth-order valence-corrected chi connectivity index (χ4v) is 2.76. The number of rotatable bonds is 3. The van der Waals surface area contributed by atoms with Gasteiger partial charge in [-0.3, -0.25) is 9.59 Å². The maximum Gasteiger partial charge on any atom is 0.289 e. The zero-order chi connectivity index (χ0) is 16.4. The summed E-state index contributed by atoms with van der Waals surface area (Å²) in [4.78, 5) is 33.4. The van der Waals surface area contributed by atoms with Crippen LogP contribution in [0.1, 0.15) is 30.8 Å². The molecule has 0 radical (unpaired) electrons. The highest BCUT2D eigenvalue weighted by molar-refractivity contribution is 5.94. The smallest absolute Gasteiger partial charge is 0.289 e. The third-order valence-electron chi connectivity index (χ3n) is 4.24. The van der Waals surface area contributed by atoms with Crippen molar-refractivity contribution >= 4 is 17.5 Å². The molecule has 2 amide bonds. The Bertz CT molecular complexity index is 601. The summed E-state index contributed by atoms with van der Waals surface area (Å²) in [5.41, 5.74) is 0.926. The Balaban J connectivity index is 1.51. The second kappa shape index (κ2) is 6.44. The summed E-state index contributed by atoms with van der Waals surface area (Å²) >= 11 is 0. The zero-order valence-electron chi connectivity index (χ0n) is 13.4. The van der Waals surface area contributed by atoms with Crippen molar-refractivity contribution < 1.29 is 18.8 Å². The Morgan fingerprint density at radius 2 is 1.91 bits per heavy atom. The number of carbonyl (C=O) groups excluding carboxylic acids is 2. The number of oxime groups is 1. The van der Waals surface area contributed by atoms with Gasteiger partial charge in [-0.15, -0.1) is 0 Å². The highest BCUT2D eigenvalue weighted by atomic mass is 16.6. The number of furan rings is 1. The molecule has 0 saturated carbocycles. The second-order valence-electron chi connectivity index (χ2n) is 6.13. The van der Waals surface area contributed by atoms with Crippen LogP contribution in [0.4, 0.5) is 0 Å². The van der Waals surface area contributed by atoms with Crippen LogP contribution >= 0.6 is 0 Å². The largest absolute Gasteiger partial charge is 0.459 e. The van der Waals surface area contributed by atoms with Crippen LogP contribution in [0.3, 0.4) is 0 Å². The molecule has 1 aromatic heterocycles. The van der Waals surface area contributed by atoms with Crippen molar-refractivity contribution in [2.24, 2.45) is 11.1 Å². The SMILES string of the molecule is CC(C)C1=NOC(C(=O)N2CCN(C(=O)c3ccco3)CC2)C1. The van der Waals surface area contributed by atoms with Crippen LogP contribution in [0.25, 0.3) is 0 Å². The van der Waals surface area contributed by atoms with Gasteiger partial charge in [-0.25, -0.2) is 0 Å². The monoisotopic (exact) mass is 319 g/mol. The lowest BCUT2D eigenvalue weighted by Gasteiger charge is -2.35. The molecule has 0 spiro atoms. The van der Waals surface area contributed by atoms with Crippen LogP contribution in [-0.4, -0.2) is 59.6 Å². The van der Waals surface area contributed by atoms with E-state index < -0.39 is 6.10 Å². The number of carbonyl (C=O) groups is 2. The van der Waals surface area contributed by atoms with Crippen molar-refractivity contribution in [3.05, 3.63) is 24.2 Å². The van der Waals surface area contributed by atoms with Gasteiger partial charge in [0.15, 0.2) is 5.76 Å². The molecule has 23 heavy (non-hydrogen) atoms. The summed E-state index contributed by atoms with van der Waals surface area (Å²) in [5.74, 6) is 0.439. The highest BCUT2D eigenvalue weighted by Gasteiger charge is 2.34. The van der Waals surface area contributed by atoms with Crippen molar-refractivity contribution in [1.82, 2.24) is 9.80 Å². The molecular weight excluding hydrogens is 298 g/mol. The summed E-state index contributed by atoms with van der Waals surface area (Å²) in [6.45, 7) is 6.07. The Labute approximate surface area is 134 Å². The Morgan fingerprint density at radius 1 is 1.22 bits per heavy atom. The molecule has 1 atom stereocenters. The topological polar surface area (TPSA) is 75.3 Å². The molecule has 3 rings (SSSR count). The fraction of sp³-hybridized carbons (Fsp3) is 0.562. The molecule has 0 aromatic carbocycles. The minimum Gasteiger partial charge on any atom is -0.459 e. The van der Waals surface area contributed by atoms with Gasteiger partial charge >= 0.3 is 0 Å². The molecule has 0 N–H and O–H groups in total. The summed E-state index contributed by atoms with van der Waals surface area (Å²) in [6, 6.07) is 3.34. The molecule has 7 heteroatoms. The molecule has 124 valence electrons. The third-order valence-corrected chi connectivity index (χ3v) is 4.24. The van der Waals surface area contributed by atoms with E-state index in [-0.39, 0.29) is 17.7 Å². The quantitative estimate of drug-likeness (QED) is 0.843. The van der Waals surface area contributed by atoms with Crippen LogP contribution in [0.5, 0.6) is 0 Å². The summed E-state index contributed by atoms with van der Waals surface area (Å²) in [5, 5.41) is 4.00. The zero-order valence-corrected chi connectivity index (χ0v) is 13.4. The first-order valence-corrected chi connectivity index (χ1v) is 7.90. The Morgan fingerprint density at radius 3 is 2.48 bits per heavy atom. The Kier molecular flexibility index (Phi) is 4.36. The molecule has 0 aliphatic carbocycles. The lowest BCUT2D eigenvalue weighted by atomic mass is 10.0. The standard InChI is InChI=1S/C16H21N3O4/c1-11(2)12-10-14(23-17-12)16(21)19-7-5-18(6-8-19)15(20)13-4-3-9-22-13/h3-4,9,11,14H,5-8,10H2,1-2H3. The summed E-state index contributed by atoms with van der Waals surface area (Å²) in [6.07, 6.45) is 1.53. The van der Waals surface area contributed by atoms with Gasteiger partial charge in [-0.1, -0.05) is 19.0 Å². The van der Waals surface area contributed by atoms with Crippen molar-refractivity contribution in [2.45, 2.75) is 26.4 Å². The van der Waals surface area contributed by atoms with E-state index in [9.17, 15) is 9.59 Å². The van der Waals surface area contributed by atoms with Crippen LogP contribution in [-0.2, 0) is 9.63 Å². The minimum absolute atomic E-state index is 0.0468. The van der Waals surface area contributed by atoms with E-state index in [2.05, 4.69) is 5.16 Å². The lowest BCUT2D eigenvalue weighted by molar-refractivity contribution is -0.143. The first-order chi connectivity index (χ1) is 11.1. The average Bonchev–Trinajstić information content (AvgIpc) is 3.25. The molecule has 7 nitrogen and oxygen atoms in total. The van der Waals surface area contributed by atoms with E-state index in [0.29, 0.717) is 38.4 Å². The van der Waals surface area contributed by atoms with E-state index in [1.54, 1.807) is 21.9 Å². The number of nitrogens with zero attached hydrogens (tertiary/aromatic N) is 3. The van der Waals surface area contributed by atoms with Crippen molar-refractivity contribution in [2.75, 3.05) is 26.2 Å². The normalized spacial score (nSPS) is 21.3. The summed E-state index contributed by atoms with van der Waals surface area (Å²) in [7, 11) is 0. The van der Waals surface area contributed by atoms with Crippen LogP contribution in [0.2, 0.25) is 0 Å². The molecule has 1 unspecified atom stereocenters. The van der Waals surface area contributed by atoms with Crippen molar-refractivity contribution in [3.8, 4) is 0 Å². The average molecular weight is 319 g/mol. The van der Waals surface area contributed by atoms with Crippen molar-refractivity contribution in [1.29, 1.82) is 0 Å². The predicted octanol–water partition coefficient (Wildman–Crippen LogP) is 1.36. The van der Waals surface area contributed by atoms with Gasteiger partial charge in [0.25, 0.3) is 11.8 Å². The van der Waals surface area contributed by atoms with Gasteiger partial charge in [0.1, 0.15) is 0 Å². The second-order valence-corrected chi connectivity index (χ2v) is 6.13. The Hall–Kier alpha value is -2.31. The van der Waals surface area contributed by atoms with Crippen LogP contribution in [0.15, 0.2) is 28.0 Å². The minimum atomic E-state index is -0.514. The molecule has 0 bridgehead atoms. The van der Waals surface area contributed by atoms with E-state index in [1.807, 2.05) is 13.8 Å². The maximum absolute atomic E-state index is 12.5.